The van der Waals surface area contributed by atoms with Gasteiger partial charge in [-0.15, -0.1) is 0 Å². The Bertz CT molecular complexity index is 1520. The standard InChI is InChI=1S/C77H138O6/c1-4-7-10-13-16-19-22-25-27-29-30-31-32-33-34-35-36-37-38-39-40-41-42-43-44-45-46-48-49-52-55-58-61-64-67-70-76(79)82-73-74(72-81-75(78)69-66-63-60-57-54-51-24-21-18-15-12-9-6-3)83-77(80)71-68-65-62-59-56-53-50-47-28-26-23-20-17-14-11-8-5-2/h9,12,17-18,20-21,26,28,51,54,60,63,74H,4-8,10-11,13-16,19,22-25,27,29-50,52-53,55-59,61-62,64-73H2,1-3H3/b12-9-,20-17-,21-18-,28-26-,54-51-,63-60-. The molecule has 0 aliphatic heterocycles. The molecule has 83 heavy (non-hydrogen) atoms. The molecule has 0 aliphatic rings. The topological polar surface area (TPSA) is 78.9 Å². The fraction of sp³-hybridized carbons (Fsp3) is 0.805. The molecule has 0 aliphatic carbocycles. The van der Waals surface area contributed by atoms with Crippen LogP contribution in [-0.4, -0.2) is 37.2 Å². The molecular formula is C77H138O6. The fourth-order valence-corrected chi connectivity index (χ4v) is 10.8. The number of esters is 3. The van der Waals surface area contributed by atoms with E-state index in [0.717, 1.165) is 77.0 Å². The van der Waals surface area contributed by atoms with Gasteiger partial charge >= 0.3 is 17.9 Å². The van der Waals surface area contributed by atoms with Crippen LogP contribution in [0.2, 0.25) is 0 Å². The lowest BCUT2D eigenvalue weighted by molar-refractivity contribution is -0.166. The van der Waals surface area contributed by atoms with E-state index >= 15 is 0 Å². The second kappa shape index (κ2) is 71.3. The molecular weight excluding hydrogens is 1020 g/mol. The number of hydrogen-bond acceptors (Lipinski definition) is 6. The van der Waals surface area contributed by atoms with Crippen LogP contribution < -0.4 is 0 Å². The number of ether oxygens (including phenoxy) is 3. The molecule has 482 valence electrons. The SMILES string of the molecule is CC/C=C\C/C=C\C/C=C\C/C=C\CCC(=O)OCC(COC(=O)CCCCCCCCCCCCCCCCCCCCCCCCCCCCCCCCCCCCC)OC(=O)CCCCCCCCC/C=C\C/C=C\CCCCC. The van der Waals surface area contributed by atoms with Crippen molar-refractivity contribution < 1.29 is 28.6 Å². The molecule has 6 nitrogen and oxygen atoms in total. The van der Waals surface area contributed by atoms with E-state index in [4.69, 9.17) is 14.2 Å². The third-order valence-electron chi connectivity index (χ3n) is 16.2. The van der Waals surface area contributed by atoms with E-state index in [2.05, 4.69) is 87.6 Å². The summed E-state index contributed by atoms with van der Waals surface area (Å²) in [6.45, 7) is 6.48. The number of unbranched alkanes of at least 4 members (excludes halogenated alkanes) is 44. The van der Waals surface area contributed by atoms with Gasteiger partial charge in [0.05, 0.1) is 0 Å². The monoisotopic (exact) mass is 1160 g/mol. The lowest BCUT2D eigenvalue weighted by atomic mass is 10.0. The van der Waals surface area contributed by atoms with E-state index in [0.29, 0.717) is 19.3 Å². The maximum Gasteiger partial charge on any atom is 0.306 e. The summed E-state index contributed by atoms with van der Waals surface area (Å²) in [5, 5.41) is 0. The summed E-state index contributed by atoms with van der Waals surface area (Å²) in [6.07, 6.45) is 94.2. The Morgan fingerprint density at radius 1 is 0.253 bits per heavy atom. The van der Waals surface area contributed by atoms with Crippen LogP contribution in [0.1, 0.15) is 380 Å². The first kappa shape index (κ1) is 79.8. The highest BCUT2D eigenvalue weighted by Gasteiger charge is 2.19. The molecule has 0 heterocycles. The molecule has 1 atom stereocenters. The number of rotatable bonds is 67. The van der Waals surface area contributed by atoms with Gasteiger partial charge in [0, 0.05) is 19.3 Å². The second-order valence-corrected chi connectivity index (χ2v) is 24.5. The molecule has 0 amide bonds. The number of carbonyl (C=O) groups is 3. The minimum Gasteiger partial charge on any atom is -0.462 e. The first-order chi connectivity index (χ1) is 41.0. The summed E-state index contributed by atoms with van der Waals surface area (Å²) in [4.78, 5) is 38.3. The van der Waals surface area contributed by atoms with Gasteiger partial charge in [0.1, 0.15) is 13.2 Å². The van der Waals surface area contributed by atoms with Crippen LogP contribution in [0.3, 0.4) is 0 Å². The molecule has 0 spiro atoms. The Hall–Kier alpha value is -3.15. The molecule has 0 rings (SSSR count). The zero-order valence-electron chi connectivity index (χ0n) is 55.5. The van der Waals surface area contributed by atoms with E-state index in [1.54, 1.807) is 0 Å². The van der Waals surface area contributed by atoms with Crippen LogP contribution in [0, 0.1) is 0 Å². The predicted octanol–water partition coefficient (Wildman–Crippen LogP) is 25.2. The molecule has 0 fully saturated rings. The maximum absolute atomic E-state index is 12.9. The number of carbonyl (C=O) groups excluding carboxylic acids is 3. The summed E-state index contributed by atoms with van der Waals surface area (Å²) >= 11 is 0. The van der Waals surface area contributed by atoms with E-state index in [9.17, 15) is 14.4 Å². The molecule has 0 N–H and O–H groups in total. The highest BCUT2D eigenvalue weighted by atomic mass is 16.6. The Morgan fingerprint density at radius 2 is 0.494 bits per heavy atom. The molecule has 1 unspecified atom stereocenters. The van der Waals surface area contributed by atoms with E-state index in [1.165, 1.54) is 257 Å². The van der Waals surface area contributed by atoms with Gasteiger partial charge < -0.3 is 14.2 Å². The molecule has 0 radical (unpaired) electrons. The van der Waals surface area contributed by atoms with E-state index in [1.807, 2.05) is 6.08 Å². The van der Waals surface area contributed by atoms with Gasteiger partial charge in [-0.3, -0.25) is 14.4 Å². The largest absolute Gasteiger partial charge is 0.462 e. The highest BCUT2D eigenvalue weighted by Crippen LogP contribution is 2.19. The van der Waals surface area contributed by atoms with Gasteiger partial charge in [-0.05, 0) is 77.0 Å². The molecule has 0 aromatic rings. The third kappa shape index (κ3) is 69.5. The van der Waals surface area contributed by atoms with Crippen LogP contribution in [-0.2, 0) is 28.6 Å². The summed E-state index contributed by atoms with van der Waals surface area (Å²) in [6, 6.07) is 0. The third-order valence-corrected chi connectivity index (χ3v) is 16.2. The van der Waals surface area contributed by atoms with Crippen molar-refractivity contribution in [2.24, 2.45) is 0 Å². The zero-order chi connectivity index (χ0) is 59.9. The van der Waals surface area contributed by atoms with Crippen LogP contribution in [0.5, 0.6) is 0 Å². The van der Waals surface area contributed by atoms with E-state index < -0.39 is 6.10 Å². The summed E-state index contributed by atoms with van der Waals surface area (Å²) < 4.78 is 16.9. The summed E-state index contributed by atoms with van der Waals surface area (Å²) in [5.74, 6) is -0.974. The Labute approximate surface area is 516 Å². The fourth-order valence-electron chi connectivity index (χ4n) is 10.8. The first-order valence-corrected chi connectivity index (χ1v) is 36.4. The van der Waals surface area contributed by atoms with Crippen molar-refractivity contribution >= 4 is 17.9 Å². The van der Waals surface area contributed by atoms with Crippen LogP contribution in [0.4, 0.5) is 0 Å². The highest BCUT2D eigenvalue weighted by molar-refractivity contribution is 5.71. The quantitative estimate of drug-likeness (QED) is 0.0261. The van der Waals surface area contributed by atoms with Crippen molar-refractivity contribution in [2.45, 2.75) is 386 Å². The van der Waals surface area contributed by atoms with Crippen molar-refractivity contribution in [1.29, 1.82) is 0 Å². The average Bonchev–Trinajstić information content (AvgIpc) is 3.49. The van der Waals surface area contributed by atoms with E-state index in [-0.39, 0.29) is 37.5 Å². The Kier molecular flexibility index (Phi) is 68.6. The molecule has 0 saturated carbocycles. The maximum atomic E-state index is 12.9. The van der Waals surface area contributed by atoms with Gasteiger partial charge in [-0.25, -0.2) is 0 Å². The molecule has 0 bridgehead atoms. The number of hydrogen-bond donors (Lipinski definition) is 0. The predicted molar refractivity (Wildman–Crippen MR) is 362 cm³/mol. The van der Waals surface area contributed by atoms with Crippen LogP contribution in [0.25, 0.3) is 0 Å². The molecule has 6 heteroatoms. The summed E-state index contributed by atoms with van der Waals surface area (Å²) in [5.41, 5.74) is 0. The lowest BCUT2D eigenvalue weighted by Crippen LogP contribution is -2.30. The second-order valence-electron chi connectivity index (χ2n) is 24.5. The van der Waals surface area contributed by atoms with Gasteiger partial charge in [-0.1, -0.05) is 357 Å². The molecule has 0 saturated heterocycles. The van der Waals surface area contributed by atoms with Gasteiger partial charge in [0.15, 0.2) is 6.10 Å². The van der Waals surface area contributed by atoms with Crippen molar-refractivity contribution in [1.82, 2.24) is 0 Å². The van der Waals surface area contributed by atoms with Crippen LogP contribution >= 0.6 is 0 Å². The van der Waals surface area contributed by atoms with Crippen molar-refractivity contribution in [3.05, 3.63) is 72.9 Å². The average molecular weight is 1160 g/mol. The Balaban J connectivity index is 4.11. The van der Waals surface area contributed by atoms with Gasteiger partial charge in [0.2, 0.25) is 0 Å². The smallest absolute Gasteiger partial charge is 0.306 e. The molecule has 0 aromatic carbocycles. The van der Waals surface area contributed by atoms with Gasteiger partial charge in [-0.2, -0.15) is 0 Å². The van der Waals surface area contributed by atoms with Crippen molar-refractivity contribution in [3.63, 3.8) is 0 Å². The van der Waals surface area contributed by atoms with Gasteiger partial charge in [0.25, 0.3) is 0 Å². The summed E-state index contributed by atoms with van der Waals surface area (Å²) in [7, 11) is 0. The first-order valence-electron chi connectivity index (χ1n) is 36.4. The van der Waals surface area contributed by atoms with Crippen LogP contribution in [0.15, 0.2) is 72.9 Å². The lowest BCUT2D eigenvalue weighted by Gasteiger charge is -2.18. The normalized spacial score (nSPS) is 12.5. The minimum atomic E-state index is -0.809. The zero-order valence-corrected chi connectivity index (χ0v) is 55.5. The van der Waals surface area contributed by atoms with Crippen molar-refractivity contribution in [2.75, 3.05) is 13.2 Å². The number of allylic oxidation sites excluding steroid dienone is 12. The Morgan fingerprint density at radius 3 is 0.831 bits per heavy atom. The minimum absolute atomic E-state index is 0.0979. The molecule has 0 aromatic heterocycles. The van der Waals surface area contributed by atoms with Crippen molar-refractivity contribution in [3.8, 4) is 0 Å².